The number of aryl methyl sites for hydroxylation is 1. The Morgan fingerprint density at radius 1 is 0.906 bits per heavy atom. The third-order valence-corrected chi connectivity index (χ3v) is 12.1. The van der Waals surface area contributed by atoms with Crippen molar-refractivity contribution in [3.8, 4) is 11.5 Å². The van der Waals surface area contributed by atoms with Crippen molar-refractivity contribution >= 4 is 64.3 Å². The Balaban J connectivity index is 1.32. The molecule has 4 aromatic rings. The number of benzene rings is 4. The minimum atomic E-state index is -1.50. The molecule has 1 saturated carbocycles. The molecule has 2 saturated heterocycles. The smallest absolute Gasteiger partial charge is 0.260 e. The molecule has 0 bridgehead atoms. The summed E-state index contributed by atoms with van der Waals surface area (Å²) in [5.41, 5.74) is 5.81. The van der Waals surface area contributed by atoms with Gasteiger partial charge in [0.2, 0.25) is 11.8 Å². The lowest BCUT2D eigenvalue weighted by Gasteiger charge is -2.50. The van der Waals surface area contributed by atoms with E-state index in [2.05, 4.69) is 12.0 Å². The Hall–Kier alpha value is -5.38. The zero-order valence-corrected chi connectivity index (χ0v) is 30.4. The minimum Gasteiger partial charge on any atom is -0.508 e. The summed E-state index contributed by atoms with van der Waals surface area (Å²) in [6, 6.07) is 24.1. The highest BCUT2D eigenvalue weighted by Gasteiger charge is 2.70. The van der Waals surface area contributed by atoms with Crippen LogP contribution in [0.3, 0.4) is 0 Å². The summed E-state index contributed by atoms with van der Waals surface area (Å²) in [5.74, 6) is -4.63. The highest BCUT2D eigenvalue weighted by atomic mass is 35.5. The number of hydrazine groups is 1. The molecule has 268 valence electrons. The fourth-order valence-electron chi connectivity index (χ4n) is 9.09. The molecule has 4 amide bonds. The second-order valence-corrected chi connectivity index (χ2v) is 14.9. The Morgan fingerprint density at radius 2 is 1.64 bits per heavy atom. The maximum Gasteiger partial charge on any atom is 0.260 e. The number of anilines is 2. The topological polar surface area (TPSA) is 116 Å². The van der Waals surface area contributed by atoms with Gasteiger partial charge in [-0.1, -0.05) is 83.9 Å². The molecular weight excluding hydrogens is 713 g/mol. The molecule has 2 N–H and O–H groups in total. The molecule has 0 radical (unpaired) electrons. The molecule has 2 aliphatic heterocycles. The summed E-state index contributed by atoms with van der Waals surface area (Å²) in [5, 5.41) is 12.3. The first-order valence-electron chi connectivity index (χ1n) is 17.3. The highest BCUT2D eigenvalue weighted by molar-refractivity contribution is 6.36. The number of fused-ring (bicyclic) bond motifs is 4. The van der Waals surface area contributed by atoms with Gasteiger partial charge in [0.05, 0.1) is 46.7 Å². The minimum absolute atomic E-state index is 0.0815. The molecule has 0 spiro atoms. The monoisotopic (exact) mass is 747 g/mol. The number of hydrogen-bond acceptors (Lipinski definition) is 7. The molecule has 6 atom stereocenters. The van der Waals surface area contributed by atoms with E-state index in [9.17, 15) is 19.5 Å². The number of allylic oxidation sites excluding steroid dienone is 2. The fourth-order valence-corrected chi connectivity index (χ4v) is 9.54. The third-order valence-electron chi connectivity index (χ3n) is 11.5. The van der Waals surface area contributed by atoms with Crippen molar-refractivity contribution in [3.05, 3.63) is 135 Å². The van der Waals surface area contributed by atoms with E-state index in [1.165, 1.54) is 11.0 Å². The van der Waals surface area contributed by atoms with E-state index in [0.717, 1.165) is 16.1 Å². The molecule has 6 unspecified atom stereocenters. The maximum absolute atomic E-state index is 15.4. The molecule has 2 aliphatic carbocycles. The van der Waals surface area contributed by atoms with E-state index in [1.54, 1.807) is 80.8 Å². The quantitative estimate of drug-likeness (QED) is 0.146. The average Bonchev–Trinajstić information content (AvgIpc) is 3.54. The highest BCUT2D eigenvalue weighted by Crippen LogP contribution is 2.64. The summed E-state index contributed by atoms with van der Waals surface area (Å²) in [6.45, 7) is 5.57. The van der Waals surface area contributed by atoms with Crippen molar-refractivity contribution in [1.82, 2.24) is 5.01 Å². The number of rotatable bonds is 7. The van der Waals surface area contributed by atoms with Gasteiger partial charge < -0.3 is 9.84 Å². The molecular formula is C42H35Cl2N3O6. The standard InChI is InChI=1S/C42H35Cl2N3O6/c1-4-23-5-11-27(12-6-23)46-38(49)30-16-15-29-31(36(30)40(46)51)21-32-39(50)47(45-34-17-10-26(43)20-33(34)44)41(52)42(32,25-8-13-28(53-3)14-9-25)37(29)24-7-18-35(48)22(2)19-24/h4-15,17-20,30-32,36-37,45,48H,1,16,21H2,2-3H3. The van der Waals surface area contributed by atoms with Crippen molar-refractivity contribution in [2.45, 2.75) is 31.1 Å². The van der Waals surface area contributed by atoms with Crippen LogP contribution >= 0.6 is 23.2 Å². The van der Waals surface area contributed by atoms with E-state index >= 15 is 4.79 Å². The molecule has 3 fully saturated rings. The Morgan fingerprint density at radius 3 is 2.30 bits per heavy atom. The molecule has 11 heteroatoms. The van der Waals surface area contributed by atoms with Crippen LogP contribution in [0.5, 0.6) is 11.5 Å². The Labute approximate surface area is 316 Å². The van der Waals surface area contributed by atoms with Crippen LogP contribution in [0.4, 0.5) is 11.4 Å². The Bertz CT molecular complexity index is 2250. The second-order valence-electron chi connectivity index (χ2n) is 14.1. The number of hydrogen-bond donors (Lipinski definition) is 2. The van der Waals surface area contributed by atoms with Crippen molar-refractivity contribution in [2.75, 3.05) is 17.4 Å². The summed E-state index contributed by atoms with van der Waals surface area (Å²) < 4.78 is 5.47. The van der Waals surface area contributed by atoms with Gasteiger partial charge in [0.15, 0.2) is 0 Å². The number of ether oxygens (including phenoxy) is 1. The van der Waals surface area contributed by atoms with Crippen molar-refractivity contribution in [1.29, 1.82) is 0 Å². The number of carbonyl (C=O) groups is 4. The number of imide groups is 2. The van der Waals surface area contributed by atoms with Crippen LogP contribution in [0, 0.1) is 30.6 Å². The van der Waals surface area contributed by atoms with Gasteiger partial charge in [0, 0.05) is 10.9 Å². The number of nitrogens with zero attached hydrogens (tertiary/aromatic N) is 2. The lowest BCUT2D eigenvalue weighted by atomic mass is 9.49. The summed E-state index contributed by atoms with van der Waals surface area (Å²) >= 11 is 12.7. The summed E-state index contributed by atoms with van der Waals surface area (Å²) in [6.07, 6.45) is 4.10. The predicted octanol–water partition coefficient (Wildman–Crippen LogP) is 7.85. The Kier molecular flexibility index (Phi) is 8.46. The van der Waals surface area contributed by atoms with Gasteiger partial charge >= 0.3 is 0 Å². The number of carbonyl (C=O) groups excluding carboxylic acids is 4. The number of phenolic OH excluding ortho intramolecular Hbond substituents is 1. The largest absolute Gasteiger partial charge is 0.508 e. The number of methoxy groups -OCH3 is 1. The van der Waals surface area contributed by atoms with E-state index in [0.29, 0.717) is 38.8 Å². The fraction of sp³-hybridized carbons (Fsp3) is 0.238. The van der Waals surface area contributed by atoms with Gasteiger partial charge in [0.25, 0.3) is 11.8 Å². The van der Waals surface area contributed by atoms with Crippen molar-refractivity contribution < 1.29 is 29.0 Å². The first-order valence-corrected chi connectivity index (χ1v) is 18.1. The first kappa shape index (κ1) is 34.7. The van der Waals surface area contributed by atoms with Crippen molar-refractivity contribution in [3.63, 3.8) is 0 Å². The molecule has 4 aliphatic rings. The van der Waals surface area contributed by atoms with E-state index in [1.807, 2.05) is 24.3 Å². The summed E-state index contributed by atoms with van der Waals surface area (Å²) in [7, 11) is 1.55. The molecule has 53 heavy (non-hydrogen) atoms. The van der Waals surface area contributed by atoms with E-state index < -0.39 is 46.8 Å². The maximum atomic E-state index is 15.4. The van der Waals surface area contributed by atoms with Gasteiger partial charge in [-0.05, 0) is 96.5 Å². The second kappa shape index (κ2) is 12.9. The van der Waals surface area contributed by atoms with Crippen LogP contribution in [0.2, 0.25) is 10.0 Å². The number of nitrogens with one attached hydrogen (secondary N) is 1. The zero-order chi connectivity index (χ0) is 37.3. The van der Waals surface area contributed by atoms with Gasteiger partial charge in [-0.3, -0.25) is 29.5 Å². The van der Waals surface area contributed by atoms with E-state index in [4.69, 9.17) is 27.9 Å². The lowest BCUT2D eigenvalue weighted by Crippen LogP contribution is -2.53. The average molecular weight is 749 g/mol. The summed E-state index contributed by atoms with van der Waals surface area (Å²) in [4.78, 5) is 60.2. The van der Waals surface area contributed by atoms with Crippen LogP contribution in [0.25, 0.3) is 6.08 Å². The molecule has 0 aromatic heterocycles. The predicted molar refractivity (Wildman–Crippen MR) is 202 cm³/mol. The molecule has 9 nitrogen and oxygen atoms in total. The lowest BCUT2D eigenvalue weighted by molar-refractivity contribution is -0.138. The van der Waals surface area contributed by atoms with Gasteiger partial charge in [-0.2, -0.15) is 5.01 Å². The number of amides is 4. The van der Waals surface area contributed by atoms with Crippen molar-refractivity contribution in [2.24, 2.45) is 23.7 Å². The van der Waals surface area contributed by atoms with Gasteiger partial charge in [-0.25, -0.2) is 0 Å². The van der Waals surface area contributed by atoms with Crippen LogP contribution < -0.4 is 15.1 Å². The molecule has 4 aromatic carbocycles. The molecule has 8 rings (SSSR count). The third kappa shape index (κ3) is 5.20. The number of halogens is 2. The number of aromatic hydroxyl groups is 1. The van der Waals surface area contributed by atoms with Crippen LogP contribution in [0.1, 0.15) is 41.0 Å². The zero-order valence-electron chi connectivity index (χ0n) is 28.9. The normalized spacial score (nSPS) is 26.2. The SMILES string of the molecule is C=Cc1ccc(N2C(=O)C3CC=C4C(CC5C(=O)N(Nc6ccc(Cl)cc6Cl)C(=O)C5(c5ccc(OC)cc5)C4c4ccc(O)c(C)c4)C3C2=O)cc1. The molecule has 2 heterocycles. The van der Waals surface area contributed by atoms with Gasteiger partial charge in [0.1, 0.15) is 11.5 Å². The number of phenols is 1. The first-order chi connectivity index (χ1) is 25.5. The van der Waals surface area contributed by atoms with Gasteiger partial charge in [-0.15, -0.1) is 0 Å². The van der Waals surface area contributed by atoms with Crippen LogP contribution in [0.15, 0.2) is 103 Å². The van der Waals surface area contributed by atoms with Crippen LogP contribution in [-0.2, 0) is 24.6 Å². The van der Waals surface area contributed by atoms with E-state index in [-0.39, 0.29) is 35.4 Å². The van der Waals surface area contributed by atoms with Crippen LogP contribution in [-0.4, -0.2) is 40.9 Å².